The number of amides is 1. The topological polar surface area (TPSA) is 73.3 Å². The maximum Gasteiger partial charge on any atom is 0.329 e. The third-order valence-corrected chi connectivity index (χ3v) is 5.67. The predicted octanol–water partition coefficient (Wildman–Crippen LogP) is 1.54. The van der Waals surface area contributed by atoms with Crippen LogP contribution in [0, 0.1) is 5.92 Å². The summed E-state index contributed by atoms with van der Waals surface area (Å²) in [4.78, 5) is 27.4. The molecule has 4 rings (SSSR count). The molecule has 2 aromatic carbocycles. The largest absolute Gasteiger partial charge is 0.340 e. The van der Waals surface area contributed by atoms with Gasteiger partial charge in [0, 0.05) is 26.1 Å². The molecule has 6 heteroatoms. The number of aromatic nitrogens is 2. The zero-order valence-corrected chi connectivity index (χ0v) is 15.4. The highest BCUT2D eigenvalue weighted by molar-refractivity contribution is 5.81. The second kappa shape index (κ2) is 7.04. The van der Waals surface area contributed by atoms with Gasteiger partial charge in [-0.1, -0.05) is 42.5 Å². The minimum atomic E-state index is -0.168. The van der Waals surface area contributed by atoms with E-state index in [0.29, 0.717) is 19.6 Å². The summed E-state index contributed by atoms with van der Waals surface area (Å²) in [6.07, 6.45) is 0. The number of carbonyl (C=O) groups excluding carboxylic acids is 1. The Morgan fingerprint density at radius 3 is 2.41 bits per heavy atom. The number of hydrogen-bond donors (Lipinski definition) is 1. The van der Waals surface area contributed by atoms with Crippen LogP contribution >= 0.6 is 0 Å². The minimum Gasteiger partial charge on any atom is -0.340 e. The van der Waals surface area contributed by atoms with Gasteiger partial charge in [0.25, 0.3) is 0 Å². The fourth-order valence-corrected chi connectivity index (χ4v) is 4.14. The third-order valence-electron chi connectivity index (χ3n) is 5.67. The van der Waals surface area contributed by atoms with Gasteiger partial charge in [-0.05, 0) is 30.2 Å². The molecule has 0 bridgehead atoms. The standard InChI is InChI=1S/C21H24N4O2/c1-23-18-9-5-6-10-19(18)25(21(23)27)14-20(26)24-12-16(11-22)17(13-24)15-7-3-2-4-8-15/h2-10,16-17H,11-14,22H2,1H3/t16-,17+/m1/s1. The van der Waals surface area contributed by atoms with Crippen molar-refractivity contribution in [1.29, 1.82) is 0 Å². The molecule has 1 fully saturated rings. The van der Waals surface area contributed by atoms with Gasteiger partial charge in [-0.3, -0.25) is 13.9 Å². The monoisotopic (exact) mass is 364 g/mol. The summed E-state index contributed by atoms with van der Waals surface area (Å²) in [5.74, 6) is 0.440. The molecule has 2 atom stereocenters. The Bertz CT molecular complexity index is 1020. The van der Waals surface area contributed by atoms with E-state index in [2.05, 4.69) is 12.1 Å². The van der Waals surface area contributed by atoms with Gasteiger partial charge in [0.2, 0.25) is 5.91 Å². The molecule has 0 unspecified atom stereocenters. The van der Waals surface area contributed by atoms with Gasteiger partial charge in [0.05, 0.1) is 11.0 Å². The van der Waals surface area contributed by atoms with E-state index < -0.39 is 0 Å². The van der Waals surface area contributed by atoms with Crippen LogP contribution in [0.1, 0.15) is 11.5 Å². The number of carbonyl (C=O) groups is 1. The SMILES string of the molecule is Cn1c(=O)n(CC(=O)N2C[C@@H](CN)[C@H](c3ccccc3)C2)c2ccccc21. The van der Waals surface area contributed by atoms with E-state index in [0.717, 1.165) is 11.0 Å². The van der Waals surface area contributed by atoms with E-state index in [1.165, 1.54) is 5.56 Å². The summed E-state index contributed by atoms with van der Waals surface area (Å²) in [5.41, 5.74) is 8.64. The molecule has 1 saturated heterocycles. The first-order chi connectivity index (χ1) is 13.1. The Balaban J connectivity index is 1.58. The molecular weight excluding hydrogens is 340 g/mol. The molecule has 0 radical (unpaired) electrons. The number of benzene rings is 2. The maximum absolute atomic E-state index is 13.0. The van der Waals surface area contributed by atoms with Gasteiger partial charge in [0.1, 0.15) is 6.54 Å². The molecule has 2 heterocycles. The van der Waals surface area contributed by atoms with Crippen LogP contribution in [0.15, 0.2) is 59.4 Å². The number of likely N-dealkylation sites (tertiary alicyclic amines) is 1. The maximum atomic E-state index is 13.0. The second-order valence-corrected chi connectivity index (χ2v) is 7.23. The molecule has 1 aliphatic heterocycles. The fourth-order valence-electron chi connectivity index (χ4n) is 4.14. The van der Waals surface area contributed by atoms with E-state index >= 15 is 0 Å². The van der Waals surface area contributed by atoms with Crippen molar-refractivity contribution in [2.75, 3.05) is 19.6 Å². The minimum absolute atomic E-state index is 0.0367. The zero-order chi connectivity index (χ0) is 19.0. The lowest BCUT2D eigenvalue weighted by Gasteiger charge is -2.17. The molecule has 27 heavy (non-hydrogen) atoms. The van der Waals surface area contributed by atoms with Crippen molar-refractivity contribution < 1.29 is 4.79 Å². The summed E-state index contributed by atoms with van der Waals surface area (Å²) in [6.45, 7) is 1.87. The van der Waals surface area contributed by atoms with Crippen LogP contribution in [0.25, 0.3) is 11.0 Å². The summed E-state index contributed by atoms with van der Waals surface area (Å²) < 4.78 is 3.15. The number of imidazole rings is 1. The molecule has 3 aromatic rings. The molecular formula is C21H24N4O2. The van der Waals surface area contributed by atoms with Crippen LogP contribution < -0.4 is 11.4 Å². The van der Waals surface area contributed by atoms with Crippen molar-refractivity contribution in [1.82, 2.24) is 14.0 Å². The summed E-state index contributed by atoms with van der Waals surface area (Å²) >= 11 is 0. The molecule has 2 N–H and O–H groups in total. The second-order valence-electron chi connectivity index (χ2n) is 7.23. The van der Waals surface area contributed by atoms with Crippen molar-refractivity contribution in [2.45, 2.75) is 12.5 Å². The third kappa shape index (κ3) is 3.06. The van der Waals surface area contributed by atoms with Crippen molar-refractivity contribution in [3.63, 3.8) is 0 Å². The number of nitrogens with two attached hydrogens (primary N) is 1. The first-order valence-corrected chi connectivity index (χ1v) is 9.27. The van der Waals surface area contributed by atoms with Gasteiger partial charge in [0.15, 0.2) is 0 Å². The first kappa shape index (κ1) is 17.5. The fraction of sp³-hybridized carbons (Fsp3) is 0.333. The number of rotatable bonds is 4. The van der Waals surface area contributed by atoms with Crippen molar-refractivity contribution in [3.8, 4) is 0 Å². The van der Waals surface area contributed by atoms with Crippen molar-refractivity contribution >= 4 is 16.9 Å². The predicted molar refractivity (Wildman–Crippen MR) is 105 cm³/mol. The molecule has 1 aromatic heterocycles. The highest BCUT2D eigenvalue weighted by atomic mass is 16.2. The quantitative estimate of drug-likeness (QED) is 0.763. The lowest BCUT2D eigenvalue weighted by Crippen LogP contribution is -2.35. The van der Waals surface area contributed by atoms with Crippen LogP contribution in [-0.2, 0) is 18.4 Å². The lowest BCUT2D eigenvalue weighted by atomic mass is 9.89. The van der Waals surface area contributed by atoms with Crippen LogP contribution in [0.4, 0.5) is 0 Å². The highest BCUT2D eigenvalue weighted by Gasteiger charge is 2.35. The van der Waals surface area contributed by atoms with Crippen molar-refractivity contribution in [2.24, 2.45) is 18.7 Å². The van der Waals surface area contributed by atoms with Gasteiger partial charge in [-0.15, -0.1) is 0 Å². The molecule has 0 saturated carbocycles. The zero-order valence-electron chi connectivity index (χ0n) is 15.4. The van der Waals surface area contributed by atoms with Gasteiger partial charge >= 0.3 is 5.69 Å². The normalized spacial score (nSPS) is 19.7. The highest BCUT2D eigenvalue weighted by Crippen LogP contribution is 2.32. The van der Waals surface area contributed by atoms with E-state index in [4.69, 9.17) is 5.73 Å². The van der Waals surface area contributed by atoms with Gasteiger partial charge in [-0.25, -0.2) is 4.79 Å². The smallest absolute Gasteiger partial charge is 0.329 e. The molecule has 140 valence electrons. The van der Waals surface area contributed by atoms with E-state index in [1.54, 1.807) is 16.2 Å². The van der Waals surface area contributed by atoms with Crippen LogP contribution in [0.5, 0.6) is 0 Å². The van der Waals surface area contributed by atoms with Crippen LogP contribution in [0.3, 0.4) is 0 Å². The van der Waals surface area contributed by atoms with E-state index in [1.807, 2.05) is 47.4 Å². The average molecular weight is 364 g/mol. The van der Waals surface area contributed by atoms with Gasteiger partial charge in [-0.2, -0.15) is 0 Å². The number of aryl methyl sites for hydroxylation is 1. The lowest BCUT2D eigenvalue weighted by molar-refractivity contribution is -0.130. The Morgan fingerprint density at radius 1 is 1.04 bits per heavy atom. The van der Waals surface area contributed by atoms with E-state index in [-0.39, 0.29) is 30.0 Å². The number of hydrogen-bond acceptors (Lipinski definition) is 3. The Morgan fingerprint density at radius 2 is 1.70 bits per heavy atom. The van der Waals surface area contributed by atoms with Crippen molar-refractivity contribution in [3.05, 3.63) is 70.6 Å². The Kier molecular flexibility index (Phi) is 4.58. The summed E-state index contributed by atoms with van der Waals surface area (Å²) in [7, 11) is 1.73. The summed E-state index contributed by atoms with van der Waals surface area (Å²) in [5, 5.41) is 0. The molecule has 0 spiro atoms. The molecule has 1 amide bonds. The van der Waals surface area contributed by atoms with E-state index in [9.17, 15) is 9.59 Å². The summed E-state index contributed by atoms with van der Waals surface area (Å²) in [6, 6.07) is 17.8. The Labute approximate surface area is 157 Å². The van der Waals surface area contributed by atoms with Gasteiger partial charge < -0.3 is 10.6 Å². The molecule has 0 aliphatic carbocycles. The number of para-hydroxylation sites is 2. The molecule has 6 nitrogen and oxygen atoms in total. The first-order valence-electron chi connectivity index (χ1n) is 9.27. The molecule has 1 aliphatic rings. The van der Waals surface area contributed by atoms with Crippen LogP contribution in [-0.4, -0.2) is 39.6 Å². The Hall–Kier alpha value is -2.86. The van der Waals surface area contributed by atoms with Crippen LogP contribution in [0.2, 0.25) is 0 Å². The number of fused-ring (bicyclic) bond motifs is 1. The number of nitrogens with zero attached hydrogens (tertiary/aromatic N) is 3. The average Bonchev–Trinajstić information content (AvgIpc) is 3.25.